The molecule has 1 aliphatic heterocycles. The van der Waals surface area contributed by atoms with Crippen LogP contribution in [0.25, 0.3) is 11.7 Å². The van der Waals surface area contributed by atoms with Crippen LogP contribution in [0.1, 0.15) is 16.2 Å². The Hall–Kier alpha value is -3.52. The van der Waals surface area contributed by atoms with Gasteiger partial charge in [-0.15, -0.1) is 0 Å². The average Bonchev–Trinajstić information content (AvgIpc) is 3.51. The van der Waals surface area contributed by atoms with E-state index in [1.807, 2.05) is 11.0 Å². The Morgan fingerprint density at radius 3 is 2.63 bits per heavy atom. The molecule has 1 fully saturated rings. The minimum Gasteiger partial charge on any atom is -0.459 e. The van der Waals surface area contributed by atoms with Gasteiger partial charge in [-0.2, -0.15) is 10.2 Å². The van der Waals surface area contributed by atoms with Crippen molar-refractivity contribution in [3.05, 3.63) is 46.7 Å². The van der Waals surface area contributed by atoms with Gasteiger partial charge in [0.15, 0.2) is 16.2 Å². The van der Waals surface area contributed by atoms with E-state index in [0.29, 0.717) is 42.5 Å². The number of nitrogens with zero attached hydrogens (tertiary/aromatic N) is 4. The molecule has 1 saturated heterocycles. The fourth-order valence-corrected chi connectivity index (χ4v) is 3.36. The lowest BCUT2D eigenvalue weighted by Gasteiger charge is -2.34. The highest BCUT2D eigenvalue weighted by Gasteiger charge is 2.27. The highest BCUT2D eigenvalue weighted by molar-refractivity contribution is 9.10. The molecule has 11 heteroatoms. The molecule has 3 aromatic rings. The van der Waals surface area contributed by atoms with Gasteiger partial charge >= 0.3 is 0 Å². The maximum Gasteiger partial charge on any atom is 0.287 e. The van der Waals surface area contributed by atoms with Crippen LogP contribution in [0.4, 0.5) is 5.88 Å². The van der Waals surface area contributed by atoms with Crippen molar-refractivity contribution < 1.29 is 22.8 Å². The van der Waals surface area contributed by atoms with Crippen molar-refractivity contribution in [3.63, 3.8) is 0 Å². The fraction of sp³-hybridized carbons (Fsp3) is 0.263. The Labute approximate surface area is 179 Å². The van der Waals surface area contributed by atoms with Crippen LogP contribution < -0.4 is 10.2 Å². The zero-order valence-corrected chi connectivity index (χ0v) is 17.2. The summed E-state index contributed by atoms with van der Waals surface area (Å²) in [4.78, 5) is 32.1. The third kappa shape index (κ3) is 4.08. The summed E-state index contributed by atoms with van der Waals surface area (Å²) in [6.45, 7) is 1.63. The second-order valence-electron chi connectivity index (χ2n) is 6.42. The molecule has 4 heterocycles. The van der Waals surface area contributed by atoms with Gasteiger partial charge in [-0.05, 0) is 40.2 Å². The van der Waals surface area contributed by atoms with Crippen LogP contribution in [0, 0.1) is 11.3 Å². The maximum atomic E-state index is 12.4. The zero-order valence-electron chi connectivity index (χ0n) is 15.6. The minimum atomic E-state index is -0.460. The van der Waals surface area contributed by atoms with E-state index < -0.39 is 5.91 Å². The number of nitrogens with one attached hydrogen (secondary N) is 1. The SMILES string of the molecule is N#Cc1nc(-c2ccco2)oc1N1CCN(C(=O)CNC(=O)c2ccc(Br)o2)CC1. The molecule has 2 amide bonds. The Kier molecular flexibility index (Phi) is 5.58. The van der Waals surface area contributed by atoms with Crippen LogP contribution in [0.5, 0.6) is 0 Å². The molecule has 4 rings (SSSR count). The monoisotopic (exact) mass is 473 g/mol. The second-order valence-corrected chi connectivity index (χ2v) is 7.20. The first-order valence-corrected chi connectivity index (χ1v) is 9.85. The summed E-state index contributed by atoms with van der Waals surface area (Å²) in [6.07, 6.45) is 1.50. The van der Waals surface area contributed by atoms with Gasteiger partial charge in [0.2, 0.25) is 17.5 Å². The van der Waals surface area contributed by atoms with E-state index in [-0.39, 0.29) is 29.8 Å². The van der Waals surface area contributed by atoms with Crippen molar-refractivity contribution in [2.45, 2.75) is 0 Å². The molecule has 1 N–H and O–H groups in total. The Balaban J connectivity index is 1.33. The van der Waals surface area contributed by atoms with Gasteiger partial charge in [-0.25, -0.2) is 0 Å². The largest absolute Gasteiger partial charge is 0.459 e. The van der Waals surface area contributed by atoms with E-state index in [1.165, 1.54) is 12.3 Å². The third-order valence-corrected chi connectivity index (χ3v) is 4.99. The van der Waals surface area contributed by atoms with Crippen LogP contribution in [0.15, 0.2) is 48.4 Å². The van der Waals surface area contributed by atoms with E-state index in [0.717, 1.165) is 0 Å². The number of nitriles is 1. The Morgan fingerprint density at radius 1 is 1.20 bits per heavy atom. The summed E-state index contributed by atoms with van der Waals surface area (Å²) < 4.78 is 16.6. The summed E-state index contributed by atoms with van der Waals surface area (Å²) >= 11 is 3.13. The predicted molar refractivity (Wildman–Crippen MR) is 106 cm³/mol. The number of hydrogen-bond donors (Lipinski definition) is 1. The van der Waals surface area contributed by atoms with Gasteiger partial charge in [0.25, 0.3) is 11.8 Å². The number of aromatic nitrogens is 1. The lowest BCUT2D eigenvalue weighted by molar-refractivity contribution is -0.130. The summed E-state index contributed by atoms with van der Waals surface area (Å²) in [5.74, 6) is 0.485. The number of carbonyl (C=O) groups is 2. The van der Waals surface area contributed by atoms with Crippen molar-refractivity contribution in [2.75, 3.05) is 37.6 Å². The van der Waals surface area contributed by atoms with E-state index in [1.54, 1.807) is 23.1 Å². The molecular weight excluding hydrogens is 458 g/mol. The normalized spacial score (nSPS) is 13.9. The van der Waals surface area contributed by atoms with Crippen LogP contribution in [-0.4, -0.2) is 54.4 Å². The molecule has 1 aliphatic rings. The van der Waals surface area contributed by atoms with E-state index in [9.17, 15) is 14.9 Å². The van der Waals surface area contributed by atoms with Crippen molar-refractivity contribution in [3.8, 4) is 17.7 Å². The molecule has 0 unspecified atom stereocenters. The smallest absolute Gasteiger partial charge is 0.287 e. The summed E-state index contributed by atoms with van der Waals surface area (Å²) in [5, 5.41) is 11.9. The standard InChI is InChI=1S/C19H16BrN5O5/c20-15-4-3-13(29-15)17(27)22-11-16(26)24-5-7-25(8-6-24)19-12(10-21)23-18(30-19)14-2-1-9-28-14/h1-4,9H,5-8,11H2,(H,22,27). The summed E-state index contributed by atoms with van der Waals surface area (Å²) in [5.41, 5.74) is 0.165. The van der Waals surface area contributed by atoms with Gasteiger partial charge in [0.05, 0.1) is 12.8 Å². The highest BCUT2D eigenvalue weighted by atomic mass is 79.9. The molecule has 0 atom stereocenters. The maximum absolute atomic E-state index is 12.4. The molecular formula is C19H16BrN5O5. The van der Waals surface area contributed by atoms with E-state index >= 15 is 0 Å². The molecule has 0 aromatic carbocycles. The quantitative estimate of drug-likeness (QED) is 0.596. The van der Waals surface area contributed by atoms with Crippen molar-refractivity contribution in [1.82, 2.24) is 15.2 Å². The number of amides is 2. The Morgan fingerprint density at radius 2 is 2.00 bits per heavy atom. The molecule has 0 bridgehead atoms. The van der Waals surface area contributed by atoms with E-state index in [4.69, 9.17) is 13.3 Å². The van der Waals surface area contributed by atoms with Gasteiger partial charge in [0, 0.05) is 26.2 Å². The highest BCUT2D eigenvalue weighted by Crippen LogP contribution is 2.29. The third-order valence-electron chi connectivity index (χ3n) is 4.56. The first-order chi connectivity index (χ1) is 14.5. The number of oxazole rings is 1. The fourth-order valence-electron chi connectivity index (χ4n) is 3.05. The van der Waals surface area contributed by atoms with Crippen molar-refractivity contribution >= 4 is 33.6 Å². The molecule has 30 heavy (non-hydrogen) atoms. The summed E-state index contributed by atoms with van der Waals surface area (Å²) in [7, 11) is 0. The predicted octanol–water partition coefficient (Wildman–Crippen LogP) is 2.24. The van der Waals surface area contributed by atoms with Crippen LogP contribution >= 0.6 is 15.9 Å². The number of halogens is 1. The second kappa shape index (κ2) is 8.46. The van der Waals surface area contributed by atoms with Gasteiger partial charge < -0.3 is 28.4 Å². The topological polar surface area (TPSA) is 129 Å². The Bertz CT molecular complexity index is 1090. The zero-order chi connectivity index (χ0) is 21.1. The number of carbonyl (C=O) groups excluding carboxylic acids is 2. The van der Waals surface area contributed by atoms with E-state index in [2.05, 4.69) is 26.2 Å². The molecule has 154 valence electrons. The molecule has 0 saturated carbocycles. The number of anilines is 1. The molecule has 10 nitrogen and oxygen atoms in total. The first kappa shape index (κ1) is 19.8. The molecule has 0 spiro atoms. The number of hydrogen-bond acceptors (Lipinski definition) is 8. The lowest BCUT2D eigenvalue weighted by Crippen LogP contribution is -2.51. The van der Waals surface area contributed by atoms with Crippen LogP contribution in [0.3, 0.4) is 0 Å². The average molecular weight is 474 g/mol. The van der Waals surface area contributed by atoms with Crippen LogP contribution in [-0.2, 0) is 4.79 Å². The van der Waals surface area contributed by atoms with Crippen molar-refractivity contribution in [1.29, 1.82) is 5.26 Å². The molecule has 0 radical (unpaired) electrons. The number of rotatable bonds is 5. The van der Waals surface area contributed by atoms with Gasteiger partial charge in [-0.1, -0.05) is 0 Å². The van der Waals surface area contributed by atoms with Gasteiger partial charge in [0.1, 0.15) is 6.07 Å². The minimum absolute atomic E-state index is 0.126. The molecule has 3 aromatic heterocycles. The van der Waals surface area contributed by atoms with Crippen LogP contribution in [0.2, 0.25) is 0 Å². The number of furan rings is 2. The first-order valence-electron chi connectivity index (χ1n) is 9.06. The lowest BCUT2D eigenvalue weighted by atomic mass is 10.3. The van der Waals surface area contributed by atoms with Gasteiger partial charge in [-0.3, -0.25) is 9.59 Å². The molecule has 0 aliphatic carbocycles. The summed E-state index contributed by atoms with van der Waals surface area (Å²) in [6, 6.07) is 8.56. The van der Waals surface area contributed by atoms with Crippen molar-refractivity contribution in [2.24, 2.45) is 0 Å². The number of piperazine rings is 1.